The summed E-state index contributed by atoms with van der Waals surface area (Å²) in [6.07, 6.45) is 3.25. The normalized spacial score (nSPS) is 11.2. The molecule has 18 heavy (non-hydrogen) atoms. The van der Waals surface area contributed by atoms with Crippen LogP contribution in [-0.2, 0) is 13.0 Å². The lowest BCUT2D eigenvalue weighted by atomic mass is 10.2. The van der Waals surface area contributed by atoms with Gasteiger partial charge in [0.15, 0.2) is 0 Å². The third kappa shape index (κ3) is 2.02. The molecule has 3 aromatic rings. The second-order valence-electron chi connectivity index (χ2n) is 4.48. The molecule has 0 aliphatic rings. The first-order valence-electron chi connectivity index (χ1n) is 6.18. The van der Waals surface area contributed by atoms with E-state index in [2.05, 4.69) is 42.0 Å². The smallest absolute Gasteiger partial charge is 0.0569 e. The van der Waals surface area contributed by atoms with E-state index in [1.165, 1.54) is 20.7 Å². The van der Waals surface area contributed by atoms with E-state index in [9.17, 15) is 0 Å². The second-order valence-corrected chi connectivity index (χ2v) is 5.74. The molecule has 92 valence electrons. The van der Waals surface area contributed by atoms with Crippen molar-refractivity contribution in [1.82, 2.24) is 4.57 Å². The van der Waals surface area contributed by atoms with Crippen LogP contribution in [-0.4, -0.2) is 4.57 Å². The number of nitrogens with two attached hydrogens (primary N) is 1. The van der Waals surface area contributed by atoms with Crippen molar-refractivity contribution in [1.29, 1.82) is 0 Å². The highest BCUT2D eigenvalue weighted by Crippen LogP contribution is 2.23. The van der Waals surface area contributed by atoms with E-state index in [0.717, 1.165) is 18.7 Å². The number of hydrogen-bond acceptors (Lipinski definition) is 2. The molecule has 0 amide bonds. The Morgan fingerprint density at radius 2 is 1.94 bits per heavy atom. The molecule has 0 spiro atoms. The van der Waals surface area contributed by atoms with Crippen LogP contribution in [0.3, 0.4) is 0 Å². The summed E-state index contributed by atoms with van der Waals surface area (Å²) < 4.78 is 2.28. The average molecular weight is 256 g/mol. The van der Waals surface area contributed by atoms with E-state index < -0.39 is 0 Å². The van der Waals surface area contributed by atoms with Crippen LogP contribution in [0.4, 0.5) is 5.69 Å². The molecule has 0 bridgehead atoms. The predicted molar refractivity (Wildman–Crippen MR) is 79.1 cm³/mol. The van der Waals surface area contributed by atoms with Crippen LogP contribution in [0.2, 0.25) is 0 Å². The van der Waals surface area contributed by atoms with Gasteiger partial charge in [-0.25, -0.2) is 0 Å². The number of benzene rings is 1. The number of nitrogens with zero attached hydrogens (tertiary/aromatic N) is 1. The monoisotopic (exact) mass is 256 g/mol. The summed E-state index contributed by atoms with van der Waals surface area (Å²) in [5.41, 5.74) is 7.87. The Balaban J connectivity index is 1.95. The molecule has 0 aliphatic heterocycles. The number of fused-ring (bicyclic) bond motifs is 1. The van der Waals surface area contributed by atoms with Crippen molar-refractivity contribution in [2.75, 3.05) is 5.73 Å². The van der Waals surface area contributed by atoms with Gasteiger partial charge in [0, 0.05) is 32.5 Å². The molecule has 1 aromatic carbocycles. The third-order valence-electron chi connectivity index (χ3n) is 3.19. The number of anilines is 1. The standard InChI is InChI=1S/C15H16N2S/c1-2-13-4-5-14(18-13)10-17-8-7-11-9-12(16)3-6-15(11)17/h3-9H,2,10,16H2,1H3. The summed E-state index contributed by atoms with van der Waals surface area (Å²) in [6, 6.07) is 12.7. The maximum Gasteiger partial charge on any atom is 0.0569 e. The van der Waals surface area contributed by atoms with Crippen molar-refractivity contribution in [2.45, 2.75) is 19.9 Å². The fourth-order valence-electron chi connectivity index (χ4n) is 2.22. The summed E-state index contributed by atoms with van der Waals surface area (Å²) in [6.45, 7) is 3.14. The van der Waals surface area contributed by atoms with Crippen LogP contribution >= 0.6 is 11.3 Å². The van der Waals surface area contributed by atoms with Gasteiger partial charge in [-0.2, -0.15) is 0 Å². The number of nitrogen functional groups attached to an aromatic ring is 1. The van der Waals surface area contributed by atoms with E-state index in [4.69, 9.17) is 5.73 Å². The fourth-order valence-corrected chi connectivity index (χ4v) is 3.18. The second kappa shape index (κ2) is 4.50. The van der Waals surface area contributed by atoms with Gasteiger partial charge in [0.25, 0.3) is 0 Å². The Labute approximate surface area is 111 Å². The number of thiophene rings is 1. The van der Waals surface area contributed by atoms with Crippen LogP contribution in [0.15, 0.2) is 42.6 Å². The minimum absolute atomic E-state index is 0.824. The molecule has 0 atom stereocenters. The lowest BCUT2D eigenvalue weighted by Gasteiger charge is -2.03. The first kappa shape index (κ1) is 11.4. The molecular formula is C15H16N2S. The molecule has 0 saturated heterocycles. The Morgan fingerprint density at radius 3 is 2.72 bits per heavy atom. The van der Waals surface area contributed by atoms with Gasteiger partial charge in [-0.3, -0.25) is 0 Å². The highest BCUT2D eigenvalue weighted by molar-refractivity contribution is 7.11. The first-order chi connectivity index (χ1) is 8.76. The fraction of sp³-hybridized carbons (Fsp3) is 0.200. The van der Waals surface area contributed by atoms with Gasteiger partial charge in [0.2, 0.25) is 0 Å². The maximum atomic E-state index is 5.80. The molecule has 3 rings (SSSR count). The van der Waals surface area contributed by atoms with E-state index in [1.807, 2.05) is 23.5 Å². The Morgan fingerprint density at radius 1 is 1.11 bits per heavy atom. The van der Waals surface area contributed by atoms with Crippen LogP contribution in [0.5, 0.6) is 0 Å². The van der Waals surface area contributed by atoms with Crippen molar-refractivity contribution in [3.63, 3.8) is 0 Å². The third-order valence-corrected chi connectivity index (χ3v) is 4.40. The molecule has 2 nitrogen and oxygen atoms in total. The van der Waals surface area contributed by atoms with Crippen molar-refractivity contribution in [3.8, 4) is 0 Å². The maximum absolute atomic E-state index is 5.80. The zero-order chi connectivity index (χ0) is 12.5. The molecule has 0 fully saturated rings. The molecule has 2 heterocycles. The number of aromatic nitrogens is 1. The van der Waals surface area contributed by atoms with Gasteiger partial charge in [0.1, 0.15) is 0 Å². The minimum atomic E-state index is 0.824. The zero-order valence-corrected chi connectivity index (χ0v) is 11.2. The molecule has 0 aliphatic carbocycles. The van der Waals surface area contributed by atoms with Crippen LogP contribution in [0.1, 0.15) is 16.7 Å². The zero-order valence-electron chi connectivity index (χ0n) is 10.4. The van der Waals surface area contributed by atoms with Crippen LogP contribution < -0.4 is 5.73 Å². The summed E-state index contributed by atoms with van der Waals surface area (Å²) >= 11 is 1.90. The molecule has 0 saturated carbocycles. The topological polar surface area (TPSA) is 30.9 Å². The summed E-state index contributed by atoms with van der Waals surface area (Å²) in [7, 11) is 0. The minimum Gasteiger partial charge on any atom is -0.399 e. The van der Waals surface area contributed by atoms with Crippen LogP contribution in [0, 0.1) is 0 Å². The van der Waals surface area contributed by atoms with E-state index in [0.29, 0.717) is 0 Å². The first-order valence-corrected chi connectivity index (χ1v) is 7.00. The average Bonchev–Trinajstić information content (AvgIpc) is 2.97. The Bertz CT molecular complexity index is 679. The Hall–Kier alpha value is -1.74. The molecular weight excluding hydrogens is 240 g/mol. The summed E-state index contributed by atoms with van der Waals surface area (Å²) in [5.74, 6) is 0. The highest BCUT2D eigenvalue weighted by Gasteiger charge is 2.04. The summed E-state index contributed by atoms with van der Waals surface area (Å²) in [5, 5.41) is 1.21. The molecule has 0 radical (unpaired) electrons. The predicted octanol–water partition coefficient (Wildman–Crippen LogP) is 3.90. The van der Waals surface area contributed by atoms with Crippen molar-refractivity contribution in [2.24, 2.45) is 0 Å². The van der Waals surface area contributed by atoms with Gasteiger partial charge in [-0.1, -0.05) is 6.92 Å². The van der Waals surface area contributed by atoms with E-state index in [1.54, 1.807) is 0 Å². The van der Waals surface area contributed by atoms with Gasteiger partial charge >= 0.3 is 0 Å². The largest absolute Gasteiger partial charge is 0.399 e. The molecule has 2 N–H and O–H groups in total. The Kier molecular flexibility index (Phi) is 2.84. The van der Waals surface area contributed by atoms with Gasteiger partial charge in [0.05, 0.1) is 6.54 Å². The SMILES string of the molecule is CCc1ccc(Cn2ccc3cc(N)ccc32)s1. The van der Waals surface area contributed by atoms with Gasteiger partial charge in [-0.15, -0.1) is 11.3 Å². The number of hydrogen-bond donors (Lipinski definition) is 1. The molecule has 3 heteroatoms. The highest BCUT2D eigenvalue weighted by atomic mass is 32.1. The number of rotatable bonds is 3. The number of aryl methyl sites for hydroxylation is 1. The van der Waals surface area contributed by atoms with Crippen molar-refractivity contribution < 1.29 is 0 Å². The lowest BCUT2D eigenvalue weighted by Crippen LogP contribution is -1.95. The lowest BCUT2D eigenvalue weighted by molar-refractivity contribution is 0.852. The quantitative estimate of drug-likeness (QED) is 0.708. The summed E-state index contributed by atoms with van der Waals surface area (Å²) in [4.78, 5) is 2.85. The van der Waals surface area contributed by atoms with Crippen molar-refractivity contribution in [3.05, 3.63) is 52.3 Å². The van der Waals surface area contributed by atoms with Crippen LogP contribution in [0.25, 0.3) is 10.9 Å². The van der Waals surface area contributed by atoms with Gasteiger partial charge < -0.3 is 10.3 Å². The molecule has 2 aromatic heterocycles. The van der Waals surface area contributed by atoms with Crippen molar-refractivity contribution >= 4 is 27.9 Å². The molecule has 0 unspecified atom stereocenters. The van der Waals surface area contributed by atoms with Gasteiger partial charge in [-0.05, 0) is 42.8 Å². The van der Waals surface area contributed by atoms with E-state index in [-0.39, 0.29) is 0 Å². The van der Waals surface area contributed by atoms with E-state index >= 15 is 0 Å².